The molecule has 0 spiro atoms. The first-order valence-corrected chi connectivity index (χ1v) is 8.99. The molecule has 2 aromatic carbocycles. The first-order chi connectivity index (χ1) is 11.9. The Morgan fingerprint density at radius 3 is 2.19 bits per heavy atom. The van der Waals surface area contributed by atoms with Crippen LogP contribution in [0, 0.1) is 6.92 Å². The third kappa shape index (κ3) is 4.61. The summed E-state index contributed by atoms with van der Waals surface area (Å²) in [6, 6.07) is 8.59. The molecule has 0 aromatic heterocycles. The van der Waals surface area contributed by atoms with E-state index in [4.69, 9.17) is 5.14 Å². The molecule has 0 fully saturated rings. The summed E-state index contributed by atoms with van der Waals surface area (Å²) in [7, 11) is -2.50. The SMILES string of the molecule is Cc1ccc(C(=O)N(C)Cc2ccc(C(F)(F)F)cc2)cc1S(N)(=O)=O. The van der Waals surface area contributed by atoms with Gasteiger partial charge in [0, 0.05) is 19.2 Å². The fraction of sp³-hybridized carbons (Fsp3) is 0.235. The predicted octanol–water partition coefficient (Wildman–Crippen LogP) is 2.93. The van der Waals surface area contributed by atoms with Gasteiger partial charge in [-0.3, -0.25) is 4.79 Å². The van der Waals surface area contributed by atoms with E-state index in [1.165, 1.54) is 42.3 Å². The fourth-order valence-corrected chi connectivity index (χ4v) is 3.21. The van der Waals surface area contributed by atoms with E-state index in [9.17, 15) is 26.4 Å². The molecule has 26 heavy (non-hydrogen) atoms. The van der Waals surface area contributed by atoms with Crippen LogP contribution in [-0.2, 0) is 22.7 Å². The largest absolute Gasteiger partial charge is 0.416 e. The molecule has 1 amide bonds. The number of aryl methyl sites for hydroxylation is 1. The van der Waals surface area contributed by atoms with Gasteiger partial charge >= 0.3 is 6.18 Å². The van der Waals surface area contributed by atoms with Crippen molar-refractivity contribution in [3.8, 4) is 0 Å². The van der Waals surface area contributed by atoms with E-state index in [2.05, 4.69) is 0 Å². The Balaban J connectivity index is 2.20. The molecule has 0 atom stereocenters. The molecule has 0 unspecified atom stereocenters. The summed E-state index contributed by atoms with van der Waals surface area (Å²) in [5.74, 6) is -0.477. The Bertz CT molecular complexity index is 923. The summed E-state index contributed by atoms with van der Waals surface area (Å²) in [6.45, 7) is 1.62. The third-order valence-corrected chi connectivity index (χ3v) is 4.84. The lowest BCUT2D eigenvalue weighted by atomic mass is 10.1. The summed E-state index contributed by atoms with van der Waals surface area (Å²) in [5.41, 5.74) is 0.266. The van der Waals surface area contributed by atoms with Gasteiger partial charge in [0.15, 0.2) is 0 Å². The smallest absolute Gasteiger partial charge is 0.337 e. The number of hydrogen-bond acceptors (Lipinski definition) is 3. The lowest BCUT2D eigenvalue weighted by molar-refractivity contribution is -0.137. The molecule has 0 heterocycles. The number of carbonyl (C=O) groups is 1. The number of alkyl halides is 3. The van der Waals surface area contributed by atoms with Crippen molar-refractivity contribution >= 4 is 15.9 Å². The molecular formula is C17H17F3N2O3S. The highest BCUT2D eigenvalue weighted by atomic mass is 32.2. The van der Waals surface area contributed by atoms with E-state index in [1.54, 1.807) is 6.92 Å². The average Bonchev–Trinajstić information content (AvgIpc) is 2.53. The molecule has 0 radical (unpaired) electrons. The minimum Gasteiger partial charge on any atom is -0.337 e. The highest BCUT2D eigenvalue weighted by molar-refractivity contribution is 7.89. The average molecular weight is 386 g/mol. The van der Waals surface area contributed by atoms with Crippen LogP contribution in [0.2, 0.25) is 0 Å². The second-order valence-electron chi connectivity index (χ2n) is 5.88. The molecule has 0 aliphatic heterocycles. The van der Waals surface area contributed by atoms with Crippen LogP contribution in [0.5, 0.6) is 0 Å². The molecule has 0 aliphatic carbocycles. The van der Waals surface area contributed by atoms with E-state index >= 15 is 0 Å². The zero-order valence-electron chi connectivity index (χ0n) is 14.0. The Hall–Kier alpha value is -2.39. The van der Waals surface area contributed by atoms with E-state index < -0.39 is 27.7 Å². The molecule has 2 aromatic rings. The Morgan fingerprint density at radius 1 is 1.12 bits per heavy atom. The highest BCUT2D eigenvalue weighted by Crippen LogP contribution is 2.29. The van der Waals surface area contributed by atoms with Gasteiger partial charge in [-0.25, -0.2) is 13.6 Å². The Labute approximate surface area is 149 Å². The van der Waals surface area contributed by atoms with Gasteiger partial charge in [0.2, 0.25) is 10.0 Å². The van der Waals surface area contributed by atoms with Crippen molar-refractivity contribution in [2.45, 2.75) is 24.5 Å². The highest BCUT2D eigenvalue weighted by Gasteiger charge is 2.30. The summed E-state index contributed by atoms with van der Waals surface area (Å²) in [4.78, 5) is 13.6. The number of nitrogens with two attached hydrogens (primary N) is 1. The van der Waals surface area contributed by atoms with Crippen LogP contribution in [-0.4, -0.2) is 26.3 Å². The lowest BCUT2D eigenvalue weighted by Crippen LogP contribution is -2.26. The number of sulfonamides is 1. The van der Waals surface area contributed by atoms with Crippen molar-refractivity contribution in [2.24, 2.45) is 5.14 Å². The molecule has 0 aliphatic rings. The number of primary sulfonamides is 1. The standard InChI is InChI=1S/C17H17F3N2O3S/c1-11-3-6-13(9-15(11)26(21,24)25)16(23)22(2)10-12-4-7-14(8-5-12)17(18,19)20/h3-9H,10H2,1-2H3,(H2,21,24,25). The van der Waals surface area contributed by atoms with Crippen LogP contribution in [0.1, 0.15) is 27.0 Å². The van der Waals surface area contributed by atoms with Crippen LogP contribution in [0.3, 0.4) is 0 Å². The van der Waals surface area contributed by atoms with Crippen molar-refractivity contribution in [1.29, 1.82) is 0 Å². The van der Waals surface area contributed by atoms with E-state index in [-0.39, 0.29) is 17.0 Å². The first-order valence-electron chi connectivity index (χ1n) is 7.44. The number of carbonyl (C=O) groups excluding carboxylic acids is 1. The number of amides is 1. The third-order valence-electron chi connectivity index (χ3n) is 3.79. The van der Waals surface area contributed by atoms with Gasteiger partial charge in [0.05, 0.1) is 10.5 Å². The Morgan fingerprint density at radius 2 is 1.69 bits per heavy atom. The van der Waals surface area contributed by atoms with E-state index in [0.29, 0.717) is 11.1 Å². The van der Waals surface area contributed by atoms with Gasteiger partial charge in [-0.05, 0) is 42.3 Å². The van der Waals surface area contributed by atoms with E-state index in [0.717, 1.165) is 12.1 Å². The maximum Gasteiger partial charge on any atom is 0.416 e. The second kappa shape index (κ2) is 7.08. The van der Waals surface area contributed by atoms with Crippen LogP contribution in [0.25, 0.3) is 0 Å². The number of hydrogen-bond donors (Lipinski definition) is 1. The molecule has 9 heteroatoms. The normalized spacial score (nSPS) is 12.1. The summed E-state index contributed by atoms with van der Waals surface area (Å²) >= 11 is 0. The maximum absolute atomic E-state index is 12.6. The molecule has 140 valence electrons. The molecule has 2 N–H and O–H groups in total. The van der Waals surface area contributed by atoms with Gasteiger partial charge in [0.1, 0.15) is 0 Å². The molecule has 2 rings (SSSR count). The van der Waals surface area contributed by atoms with Crippen molar-refractivity contribution in [1.82, 2.24) is 4.90 Å². The fourth-order valence-electron chi connectivity index (χ4n) is 2.40. The van der Waals surface area contributed by atoms with Crippen LogP contribution >= 0.6 is 0 Å². The molecule has 5 nitrogen and oxygen atoms in total. The van der Waals surface area contributed by atoms with Crippen molar-refractivity contribution < 1.29 is 26.4 Å². The summed E-state index contributed by atoms with van der Waals surface area (Å²) in [6.07, 6.45) is -4.42. The summed E-state index contributed by atoms with van der Waals surface area (Å²) < 4.78 is 60.9. The van der Waals surface area contributed by atoms with Gasteiger partial charge in [-0.15, -0.1) is 0 Å². The lowest BCUT2D eigenvalue weighted by Gasteiger charge is -2.18. The number of nitrogens with zero attached hydrogens (tertiary/aromatic N) is 1. The van der Waals surface area contributed by atoms with Gasteiger partial charge in [-0.1, -0.05) is 18.2 Å². The van der Waals surface area contributed by atoms with Gasteiger partial charge in [-0.2, -0.15) is 13.2 Å². The molecular weight excluding hydrogens is 369 g/mol. The summed E-state index contributed by atoms with van der Waals surface area (Å²) in [5, 5.41) is 5.13. The molecule has 0 saturated carbocycles. The maximum atomic E-state index is 12.6. The van der Waals surface area contributed by atoms with Gasteiger partial charge < -0.3 is 4.90 Å². The quantitative estimate of drug-likeness (QED) is 0.877. The topological polar surface area (TPSA) is 80.5 Å². The second-order valence-corrected chi connectivity index (χ2v) is 7.41. The minimum absolute atomic E-state index is 0.0650. The number of benzene rings is 2. The zero-order chi connectivity index (χ0) is 19.7. The van der Waals surface area contributed by atoms with Crippen LogP contribution < -0.4 is 5.14 Å². The molecule has 0 bridgehead atoms. The van der Waals surface area contributed by atoms with Crippen LogP contribution in [0.15, 0.2) is 47.4 Å². The number of rotatable bonds is 4. The van der Waals surface area contributed by atoms with Crippen LogP contribution in [0.4, 0.5) is 13.2 Å². The van der Waals surface area contributed by atoms with Gasteiger partial charge in [0.25, 0.3) is 5.91 Å². The first kappa shape index (κ1) is 19.9. The monoisotopic (exact) mass is 386 g/mol. The van der Waals surface area contributed by atoms with Crippen molar-refractivity contribution in [2.75, 3.05) is 7.05 Å². The Kier molecular flexibility index (Phi) is 5.43. The predicted molar refractivity (Wildman–Crippen MR) is 89.8 cm³/mol. The minimum atomic E-state index is -4.42. The van der Waals surface area contributed by atoms with Crippen molar-refractivity contribution in [3.63, 3.8) is 0 Å². The number of halogens is 3. The van der Waals surface area contributed by atoms with Crippen molar-refractivity contribution in [3.05, 3.63) is 64.7 Å². The zero-order valence-corrected chi connectivity index (χ0v) is 14.9. The van der Waals surface area contributed by atoms with E-state index in [1.807, 2.05) is 0 Å². The molecule has 0 saturated heterocycles.